The summed E-state index contributed by atoms with van der Waals surface area (Å²) in [6, 6.07) is 3.40. The van der Waals surface area contributed by atoms with Crippen molar-refractivity contribution >= 4 is 17.6 Å². The third-order valence-corrected chi connectivity index (χ3v) is 5.66. The quantitative estimate of drug-likeness (QED) is 0.874. The van der Waals surface area contributed by atoms with Gasteiger partial charge in [-0.1, -0.05) is 5.16 Å². The average Bonchev–Trinajstić information content (AvgIpc) is 2.83. The molecule has 2 aromatic heterocycles. The first-order valence-electron chi connectivity index (χ1n) is 9.17. The highest BCUT2D eigenvalue weighted by molar-refractivity contribution is 5.93. The first kappa shape index (κ1) is 17.5. The molecule has 8 heteroatoms. The van der Waals surface area contributed by atoms with Crippen LogP contribution in [0.3, 0.4) is 0 Å². The number of piperidine rings is 1. The van der Waals surface area contributed by atoms with Crippen LogP contribution < -0.4 is 10.6 Å². The van der Waals surface area contributed by atoms with E-state index in [4.69, 9.17) is 10.3 Å². The number of pyridine rings is 1. The third-order valence-electron chi connectivity index (χ3n) is 5.66. The Balaban J connectivity index is 1.61. The molecule has 3 saturated heterocycles. The molecule has 5 rings (SSSR count). The molecule has 3 fully saturated rings. The van der Waals surface area contributed by atoms with Gasteiger partial charge in [-0.3, -0.25) is 9.59 Å². The Labute approximate surface area is 157 Å². The Morgan fingerprint density at radius 3 is 2.85 bits per heavy atom. The molecule has 0 saturated carbocycles. The lowest BCUT2D eigenvalue weighted by Gasteiger charge is -2.35. The van der Waals surface area contributed by atoms with E-state index in [1.54, 1.807) is 18.3 Å². The van der Waals surface area contributed by atoms with Gasteiger partial charge >= 0.3 is 0 Å². The van der Waals surface area contributed by atoms with Crippen molar-refractivity contribution in [2.75, 3.05) is 18.0 Å². The molecule has 3 aliphatic rings. The maximum absolute atomic E-state index is 13.1. The second-order valence-corrected chi connectivity index (χ2v) is 7.37. The van der Waals surface area contributed by atoms with E-state index in [0.717, 1.165) is 29.9 Å². The molecular weight excluding hydrogens is 346 g/mol. The van der Waals surface area contributed by atoms with Gasteiger partial charge in [0.1, 0.15) is 11.6 Å². The molecule has 27 heavy (non-hydrogen) atoms. The predicted octanol–water partition coefficient (Wildman–Crippen LogP) is 1.41. The number of nitrogens with zero attached hydrogens (tertiary/aromatic N) is 4. The van der Waals surface area contributed by atoms with Gasteiger partial charge < -0.3 is 20.1 Å². The normalized spacial score (nSPS) is 22.2. The smallest absolute Gasteiger partial charge is 0.248 e. The first-order chi connectivity index (χ1) is 12.9. The van der Waals surface area contributed by atoms with Crippen LogP contribution in [0.15, 0.2) is 22.9 Å². The Bertz CT molecular complexity index is 874. The topological polar surface area (TPSA) is 106 Å². The maximum Gasteiger partial charge on any atom is 0.248 e. The standard InChI is InChI=1S/C19H23N5O3/c1-11-16(12(2)27-22-11)10-24-15-4-3-14(19(24)26)8-23(9-15)17-7-13(18(20)25)5-6-21-17/h5-7,14-15H,3-4,8-10H2,1-2H3,(H2,20,25)/t14-,15+/m0/s1. The number of aryl methyl sites for hydroxylation is 2. The Hall–Kier alpha value is -2.90. The minimum atomic E-state index is -0.479. The molecule has 0 aliphatic carbocycles. The Morgan fingerprint density at radius 2 is 2.15 bits per heavy atom. The molecule has 8 nitrogen and oxygen atoms in total. The van der Waals surface area contributed by atoms with Gasteiger partial charge in [-0.2, -0.15) is 0 Å². The number of anilines is 1. The highest BCUT2D eigenvalue weighted by Crippen LogP contribution is 2.33. The van der Waals surface area contributed by atoms with Crippen LogP contribution in [0.1, 0.15) is 40.2 Å². The zero-order valence-corrected chi connectivity index (χ0v) is 15.5. The first-order valence-corrected chi connectivity index (χ1v) is 9.17. The molecule has 2 bridgehead atoms. The summed E-state index contributed by atoms with van der Waals surface area (Å²) >= 11 is 0. The van der Waals surface area contributed by atoms with Crippen molar-refractivity contribution in [2.45, 2.75) is 39.3 Å². The van der Waals surface area contributed by atoms with Crippen LogP contribution in [0.4, 0.5) is 5.82 Å². The van der Waals surface area contributed by atoms with Crippen LogP contribution >= 0.6 is 0 Å². The van der Waals surface area contributed by atoms with E-state index in [1.165, 1.54) is 0 Å². The molecule has 2 N–H and O–H groups in total. The van der Waals surface area contributed by atoms with Gasteiger partial charge in [0.05, 0.1) is 18.2 Å². The van der Waals surface area contributed by atoms with Crippen LogP contribution in [0.2, 0.25) is 0 Å². The summed E-state index contributed by atoms with van der Waals surface area (Å²) in [7, 11) is 0. The van der Waals surface area contributed by atoms with Crippen LogP contribution in [-0.4, -0.2) is 46.0 Å². The fourth-order valence-electron chi connectivity index (χ4n) is 4.08. The number of fused-ring (bicyclic) bond motifs is 4. The summed E-state index contributed by atoms with van der Waals surface area (Å²) in [4.78, 5) is 33.0. The zero-order chi connectivity index (χ0) is 19.1. The zero-order valence-electron chi connectivity index (χ0n) is 15.5. The number of carbonyl (C=O) groups excluding carboxylic acids is 2. The molecule has 142 valence electrons. The molecule has 0 spiro atoms. The summed E-state index contributed by atoms with van der Waals surface area (Å²) in [5, 5.41) is 4.00. The van der Waals surface area contributed by atoms with E-state index >= 15 is 0 Å². The van der Waals surface area contributed by atoms with Crippen LogP contribution in [0.5, 0.6) is 0 Å². The maximum atomic E-state index is 13.1. The summed E-state index contributed by atoms with van der Waals surface area (Å²) in [5.41, 5.74) is 7.63. The number of carbonyl (C=O) groups is 2. The lowest BCUT2D eigenvalue weighted by molar-refractivity contribution is -0.140. The molecule has 5 heterocycles. The van der Waals surface area contributed by atoms with Crippen molar-refractivity contribution in [1.82, 2.24) is 15.0 Å². The van der Waals surface area contributed by atoms with Crippen molar-refractivity contribution in [3.8, 4) is 0 Å². The number of rotatable bonds is 4. The number of hydrogen-bond donors (Lipinski definition) is 1. The second-order valence-electron chi connectivity index (χ2n) is 7.37. The number of aromatic nitrogens is 2. The van der Waals surface area contributed by atoms with Crippen molar-refractivity contribution in [3.05, 3.63) is 40.9 Å². The lowest BCUT2D eigenvalue weighted by atomic mass is 9.93. The molecule has 0 aromatic carbocycles. The summed E-state index contributed by atoms with van der Waals surface area (Å²) in [6.07, 6.45) is 3.41. The van der Waals surface area contributed by atoms with Gasteiger partial charge in [0.15, 0.2) is 0 Å². The minimum Gasteiger partial charge on any atom is -0.366 e. The highest BCUT2D eigenvalue weighted by Gasteiger charge is 2.41. The lowest BCUT2D eigenvalue weighted by Crippen LogP contribution is -2.47. The molecule has 2 aromatic rings. The molecule has 3 aliphatic heterocycles. The van der Waals surface area contributed by atoms with Gasteiger partial charge in [0.2, 0.25) is 11.8 Å². The van der Waals surface area contributed by atoms with E-state index in [2.05, 4.69) is 15.0 Å². The van der Waals surface area contributed by atoms with E-state index < -0.39 is 5.91 Å². The Morgan fingerprint density at radius 1 is 1.33 bits per heavy atom. The third kappa shape index (κ3) is 3.15. The summed E-state index contributed by atoms with van der Waals surface area (Å²) in [6.45, 7) is 5.58. The Kier molecular flexibility index (Phi) is 4.33. The van der Waals surface area contributed by atoms with Crippen LogP contribution in [0.25, 0.3) is 0 Å². The van der Waals surface area contributed by atoms with E-state index in [9.17, 15) is 9.59 Å². The van der Waals surface area contributed by atoms with Crippen LogP contribution in [-0.2, 0) is 11.3 Å². The SMILES string of the molecule is Cc1noc(C)c1CN1C(=O)[C@H]2CC[C@@H]1CN(c1cc(C(N)=O)ccn1)C2. The van der Waals surface area contributed by atoms with Gasteiger partial charge in [0.25, 0.3) is 0 Å². The van der Waals surface area contributed by atoms with Crippen molar-refractivity contribution in [3.63, 3.8) is 0 Å². The number of primary amides is 1. The minimum absolute atomic E-state index is 0.0803. The van der Waals surface area contributed by atoms with Crippen molar-refractivity contribution in [2.24, 2.45) is 11.7 Å². The number of nitrogens with two attached hydrogens (primary N) is 1. The van der Waals surface area contributed by atoms with Gasteiger partial charge in [0, 0.05) is 36.5 Å². The fraction of sp³-hybridized carbons (Fsp3) is 0.474. The monoisotopic (exact) mass is 369 g/mol. The summed E-state index contributed by atoms with van der Waals surface area (Å²) in [5.74, 6) is 1.05. The molecule has 2 amide bonds. The van der Waals surface area contributed by atoms with Crippen molar-refractivity contribution < 1.29 is 14.1 Å². The molecule has 0 unspecified atom stereocenters. The molecule has 0 radical (unpaired) electrons. The van der Waals surface area contributed by atoms with Crippen LogP contribution in [0, 0.1) is 19.8 Å². The average molecular weight is 369 g/mol. The van der Waals surface area contributed by atoms with Gasteiger partial charge in [-0.05, 0) is 38.8 Å². The largest absolute Gasteiger partial charge is 0.366 e. The predicted molar refractivity (Wildman–Crippen MR) is 98.0 cm³/mol. The van der Waals surface area contributed by atoms with E-state index in [0.29, 0.717) is 31.0 Å². The summed E-state index contributed by atoms with van der Waals surface area (Å²) < 4.78 is 5.26. The second kappa shape index (κ2) is 6.68. The molecule has 2 atom stereocenters. The van der Waals surface area contributed by atoms with Gasteiger partial charge in [-0.25, -0.2) is 4.98 Å². The molecular formula is C19H23N5O3. The highest BCUT2D eigenvalue weighted by atomic mass is 16.5. The fourth-order valence-corrected chi connectivity index (χ4v) is 4.08. The van der Waals surface area contributed by atoms with E-state index in [1.807, 2.05) is 18.7 Å². The van der Waals surface area contributed by atoms with Gasteiger partial charge in [-0.15, -0.1) is 0 Å². The van der Waals surface area contributed by atoms with Crippen molar-refractivity contribution in [1.29, 1.82) is 0 Å². The number of hydrogen-bond acceptors (Lipinski definition) is 6. The van der Waals surface area contributed by atoms with E-state index in [-0.39, 0.29) is 17.9 Å². The number of amides is 2.